The van der Waals surface area contributed by atoms with Crippen LogP contribution in [0, 0.1) is 6.92 Å². The van der Waals surface area contributed by atoms with Gasteiger partial charge in [0.05, 0.1) is 7.11 Å². The van der Waals surface area contributed by atoms with E-state index >= 15 is 0 Å². The summed E-state index contributed by atoms with van der Waals surface area (Å²) in [6, 6.07) is 18.4. The van der Waals surface area contributed by atoms with Gasteiger partial charge in [-0.3, -0.25) is 0 Å². The van der Waals surface area contributed by atoms with Crippen LogP contribution < -0.4 is 4.74 Å². The minimum atomic E-state index is 0.732. The third-order valence-electron chi connectivity index (χ3n) is 3.59. The molecule has 3 nitrogen and oxygen atoms in total. The van der Waals surface area contributed by atoms with Gasteiger partial charge in [-0.1, -0.05) is 53.7 Å². The van der Waals surface area contributed by atoms with Crippen molar-refractivity contribution in [2.75, 3.05) is 7.11 Å². The number of rotatable bonds is 5. The summed E-state index contributed by atoms with van der Waals surface area (Å²) in [6.45, 7) is 2.09. The first-order valence-corrected chi connectivity index (χ1v) is 8.49. The van der Waals surface area contributed by atoms with Gasteiger partial charge in [0.2, 0.25) is 0 Å². The lowest BCUT2D eigenvalue weighted by molar-refractivity contribution is 0.415. The number of hydrogen-bond acceptors (Lipinski definition) is 4. The molecule has 0 N–H and O–H groups in total. The highest BCUT2D eigenvalue weighted by Crippen LogP contribution is 2.29. The predicted octanol–water partition coefficient (Wildman–Crippen LogP) is 4.98. The van der Waals surface area contributed by atoms with E-state index in [-0.39, 0.29) is 0 Å². The molecule has 0 aliphatic rings. The van der Waals surface area contributed by atoms with Crippen LogP contribution in [-0.4, -0.2) is 17.1 Å². The molecule has 0 fully saturated rings. The van der Waals surface area contributed by atoms with E-state index in [1.165, 1.54) is 17.3 Å². The molecule has 0 bridgehead atoms. The van der Waals surface area contributed by atoms with Crippen molar-refractivity contribution in [2.24, 2.45) is 0 Å². The Bertz CT molecular complexity index is 813. The summed E-state index contributed by atoms with van der Waals surface area (Å²) in [4.78, 5) is 8.53. The topological polar surface area (TPSA) is 35.0 Å². The molecule has 0 radical (unpaired) electrons. The molecular weight excluding hydrogens is 316 g/mol. The lowest BCUT2D eigenvalue weighted by Gasteiger charge is -2.10. The Kier molecular flexibility index (Phi) is 5.29. The SMILES string of the molecule is COc1ccc(/C(=C/Sc2ncccn2)c2ccc(C)cc2)cc1. The molecule has 2 aromatic carbocycles. The predicted molar refractivity (Wildman–Crippen MR) is 99.1 cm³/mol. The van der Waals surface area contributed by atoms with Crippen LogP contribution in [0.5, 0.6) is 5.75 Å². The van der Waals surface area contributed by atoms with Crippen LogP contribution in [0.15, 0.2) is 77.6 Å². The Hall–Kier alpha value is -2.59. The zero-order valence-electron chi connectivity index (χ0n) is 13.6. The van der Waals surface area contributed by atoms with Gasteiger partial charge in [-0.05, 0) is 47.2 Å². The first-order chi connectivity index (χ1) is 11.8. The zero-order chi connectivity index (χ0) is 16.8. The van der Waals surface area contributed by atoms with Gasteiger partial charge in [0, 0.05) is 12.4 Å². The largest absolute Gasteiger partial charge is 0.497 e. The van der Waals surface area contributed by atoms with E-state index in [1.54, 1.807) is 19.5 Å². The molecule has 0 spiro atoms. The summed E-state index contributed by atoms with van der Waals surface area (Å²) in [6.07, 6.45) is 3.50. The van der Waals surface area contributed by atoms with Gasteiger partial charge in [0.25, 0.3) is 0 Å². The van der Waals surface area contributed by atoms with Crippen molar-refractivity contribution in [1.82, 2.24) is 9.97 Å². The fraction of sp³-hybridized carbons (Fsp3) is 0.100. The minimum Gasteiger partial charge on any atom is -0.497 e. The number of benzene rings is 2. The third kappa shape index (κ3) is 4.03. The number of aryl methyl sites for hydroxylation is 1. The first kappa shape index (κ1) is 16.3. The molecule has 4 heteroatoms. The molecule has 1 heterocycles. The van der Waals surface area contributed by atoms with Crippen molar-refractivity contribution >= 4 is 17.3 Å². The minimum absolute atomic E-state index is 0.732. The summed E-state index contributed by atoms with van der Waals surface area (Å²) >= 11 is 1.52. The fourth-order valence-corrected chi connectivity index (χ4v) is 3.00. The fourth-order valence-electron chi connectivity index (χ4n) is 2.26. The van der Waals surface area contributed by atoms with Crippen molar-refractivity contribution in [3.05, 3.63) is 89.1 Å². The van der Waals surface area contributed by atoms with Gasteiger partial charge in [0.15, 0.2) is 5.16 Å². The number of thioether (sulfide) groups is 1. The molecule has 0 saturated heterocycles. The highest BCUT2D eigenvalue weighted by Gasteiger charge is 2.07. The van der Waals surface area contributed by atoms with Gasteiger partial charge in [-0.2, -0.15) is 0 Å². The van der Waals surface area contributed by atoms with E-state index < -0.39 is 0 Å². The van der Waals surface area contributed by atoms with E-state index in [9.17, 15) is 0 Å². The second kappa shape index (κ2) is 7.79. The normalized spacial score (nSPS) is 11.3. The molecule has 0 aliphatic carbocycles. The Morgan fingerprint density at radius 1 is 0.917 bits per heavy atom. The molecule has 24 heavy (non-hydrogen) atoms. The number of hydrogen-bond donors (Lipinski definition) is 0. The van der Waals surface area contributed by atoms with E-state index in [0.717, 1.165) is 27.6 Å². The Labute approximate surface area is 146 Å². The number of aromatic nitrogens is 2. The molecule has 3 rings (SSSR count). The van der Waals surface area contributed by atoms with Crippen LogP contribution in [0.25, 0.3) is 5.57 Å². The van der Waals surface area contributed by atoms with E-state index in [0.29, 0.717) is 0 Å². The van der Waals surface area contributed by atoms with Crippen LogP contribution in [0.3, 0.4) is 0 Å². The van der Waals surface area contributed by atoms with E-state index in [2.05, 4.69) is 58.7 Å². The van der Waals surface area contributed by atoms with E-state index in [4.69, 9.17) is 4.74 Å². The smallest absolute Gasteiger partial charge is 0.191 e. The molecule has 0 amide bonds. The lowest BCUT2D eigenvalue weighted by Crippen LogP contribution is -1.90. The molecule has 3 aromatic rings. The summed E-state index contributed by atoms with van der Waals surface area (Å²) in [5, 5.41) is 2.83. The second-order valence-electron chi connectivity index (χ2n) is 5.28. The van der Waals surface area contributed by atoms with Gasteiger partial charge in [-0.15, -0.1) is 0 Å². The van der Waals surface area contributed by atoms with Crippen molar-refractivity contribution < 1.29 is 4.74 Å². The number of nitrogens with zero attached hydrogens (tertiary/aromatic N) is 2. The van der Waals surface area contributed by atoms with Crippen LogP contribution in [0.2, 0.25) is 0 Å². The molecule has 0 saturated carbocycles. The molecule has 1 aromatic heterocycles. The highest BCUT2D eigenvalue weighted by atomic mass is 32.2. The van der Waals surface area contributed by atoms with E-state index in [1.807, 2.05) is 18.2 Å². The molecule has 120 valence electrons. The number of ether oxygens (including phenoxy) is 1. The summed E-state index contributed by atoms with van der Waals surface area (Å²) in [7, 11) is 1.67. The standard InChI is InChI=1S/C20H18N2OS/c1-15-4-6-16(7-5-15)19(14-24-20-21-12-3-13-22-20)17-8-10-18(23-2)11-9-17/h3-14H,1-2H3/b19-14+. The Morgan fingerprint density at radius 3 is 2.08 bits per heavy atom. The van der Waals surface area contributed by atoms with Gasteiger partial charge in [0.1, 0.15) is 5.75 Å². The first-order valence-electron chi connectivity index (χ1n) is 7.61. The maximum Gasteiger partial charge on any atom is 0.191 e. The van der Waals surface area contributed by atoms with Crippen LogP contribution in [0.1, 0.15) is 16.7 Å². The third-order valence-corrected chi connectivity index (χ3v) is 4.36. The zero-order valence-corrected chi connectivity index (χ0v) is 14.5. The molecule has 0 unspecified atom stereocenters. The van der Waals surface area contributed by atoms with Crippen molar-refractivity contribution in [1.29, 1.82) is 0 Å². The van der Waals surface area contributed by atoms with Crippen molar-refractivity contribution in [3.8, 4) is 5.75 Å². The second-order valence-corrected chi connectivity index (χ2v) is 6.11. The summed E-state index contributed by atoms with van der Waals surface area (Å²) in [5.74, 6) is 0.848. The molecule has 0 atom stereocenters. The van der Waals surface area contributed by atoms with Gasteiger partial charge in [-0.25, -0.2) is 9.97 Å². The average Bonchev–Trinajstić information content (AvgIpc) is 2.65. The Balaban J connectivity index is 1.97. The lowest BCUT2D eigenvalue weighted by atomic mass is 9.99. The maximum absolute atomic E-state index is 5.25. The van der Waals surface area contributed by atoms with Crippen molar-refractivity contribution in [2.45, 2.75) is 12.1 Å². The summed E-state index contributed by atoms with van der Waals surface area (Å²) in [5.41, 5.74) is 4.67. The average molecular weight is 334 g/mol. The molecular formula is C20H18N2OS. The summed E-state index contributed by atoms with van der Waals surface area (Å²) < 4.78 is 5.25. The quantitative estimate of drug-likeness (QED) is 0.487. The molecule has 0 aliphatic heterocycles. The number of methoxy groups -OCH3 is 1. The van der Waals surface area contributed by atoms with Gasteiger partial charge < -0.3 is 4.74 Å². The van der Waals surface area contributed by atoms with Crippen LogP contribution in [-0.2, 0) is 0 Å². The van der Waals surface area contributed by atoms with Crippen LogP contribution in [0.4, 0.5) is 0 Å². The monoisotopic (exact) mass is 334 g/mol. The van der Waals surface area contributed by atoms with Gasteiger partial charge >= 0.3 is 0 Å². The van der Waals surface area contributed by atoms with Crippen molar-refractivity contribution in [3.63, 3.8) is 0 Å². The Morgan fingerprint density at radius 2 is 1.50 bits per heavy atom. The highest BCUT2D eigenvalue weighted by molar-refractivity contribution is 8.02. The van der Waals surface area contributed by atoms with Crippen LogP contribution >= 0.6 is 11.8 Å². The maximum atomic E-state index is 5.25.